The summed E-state index contributed by atoms with van der Waals surface area (Å²) in [4.78, 5) is 11.2. The molecule has 1 heterocycles. The molecule has 0 aliphatic rings. The van der Waals surface area contributed by atoms with Crippen molar-refractivity contribution in [1.29, 1.82) is 0 Å². The lowest BCUT2D eigenvalue weighted by atomic mass is 10.3. The van der Waals surface area contributed by atoms with Crippen LogP contribution >= 0.6 is 0 Å². The minimum Gasteiger partial charge on any atom is -0.468 e. The van der Waals surface area contributed by atoms with E-state index in [0.29, 0.717) is 0 Å². The number of alkyl halides is 3. The highest BCUT2D eigenvalue weighted by molar-refractivity contribution is 5.75. The Hall–Kier alpha value is -1.57. The number of methoxy groups -OCH3 is 1. The van der Waals surface area contributed by atoms with E-state index >= 15 is 0 Å². The van der Waals surface area contributed by atoms with Crippen LogP contribution in [0.15, 0.2) is 12.3 Å². The van der Waals surface area contributed by atoms with Gasteiger partial charge in [-0.1, -0.05) is 0 Å². The van der Waals surface area contributed by atoms with Crippen LogP contribution in [0.3, 0.4) is 0 Å². The molecule has 8 heteroatoms. The highest BCUT2D eigenvalue weighted by Crippen LogP contribution is 2.27. The van der Waals surface area contributed by atoms with Crippen molar-refractivity contribution in [2.24, 2.45) is 0 Å². The molecule has 0 aliphatic heterocycles. The monoisotopic (exact) mass is 251 g/mol. The van der Waals surface area contributed by atoms with Crippen LogP contribution in [0, 0.1) is 0 Å². The number of carbonyl (C=O) groups excluding carboxylic acids is 1. The molecule has 0 fully saturated rings. The largest absolute Gasteiger partial charge is 0.468 e. The van der Waals surface area contributed by atoms with Gasteiger partial charge in [0.15, 0.2) is 5.69 Å². The fraction of sp³-hybridized carbons (Fsp3) is 0.556. The van der Waals surface area contributed by atoms with Crippen LogP contribution in [0.1, 0.15) is 5.69 Å². The predicted octanol–water partition coefficient (Wildman–Crippen LogP) is 0.663. The Kier molecular flexibility index (Phi) is 4.11. The maximum atomic E-state index is 12.3. The number of ether oxygens (including phenoxy) is 1. The van der Waals surface area contributed by atoms with Crippen molar-refractivity contribution in [2.75, 3.05) is 14.2 Å². The number of hydrogen-bond acceptors (Lipinski definition) is 4. The molecule has 0 radical (unpaired) electrons. The molecule has 1 rings (SSSR count). The molecule has 0 aromatic carbocycles. The molecular weight excluding hydrogens is 239 g/mol. The van der Waals surface area contributed by atoms with Crippen LogP contribution in [0.25, 0.3) is 0 Å². The molecule has 0 spiro atoms. The minimum atomic E-state index is -4.48. The summed E-state index contributed by atoms with van der Waals surface area (Å²) < 4.78 is 42.3. The first kappa shape index (κ1) is 13.5. The third-order valence-corrected chi connectivity index (χ3v) is 2.13. The quantitative estimate of drug-likeness (QED) is 0.799. The standard InChI is InChI=1S/C9H12F3N3O2/c1-13-6(8(16)17-2)5-15-4-3-7(14-15)9(10,11)12/h3-4,6,13H,5H2,1-2H3. The van der Waals surface area contributed by atoms with E-state index in [2.05, 4.69) is 15.2 Å². The zero-order chi connectivity index (χ0) is 13.1. The van der Waals surface area contributed by atoms with E-state index in [0.717, 1.165) is 16.9 Å². The maximum absolute atomic E-state index is 12.3. The SMILES string of the molecule is CNC(Cn1ccc(C(F)(F)F)n1)C(=O)OC. The van der Waals surface area contributed by atoms with E-state index in [-0.39, 0.29) is 6.54 Å². The Labute approximate surface area is 95.5 Å². The van der Waals surface area contributed by atoms with E-state index in [1.54, 1.807) is 0 Å². The second-order valence-electron chi connectivity index (χ2n) is 3.29. The van der Waals surface area contributed by atoms with Gasteiger partial charge in [-0.05, 0) is 13.1 Å². The Balaban J connectivity index is 2.75. The van der Waals surface area contributed by atoms with E-state index < -0.39 is 23.9 Å². The van der Waals surface area contributed by atoms with Gasteiger partial charge < -0.3 is 10.1 Å². The number of nitrogens with zero attached hydrogens (tertiary/aromatic N) is 2. The van der Waals surface area contributed by atoms with Crippen molar-refractivity contribution in [1.82, 2.24) is 15.1 Å². The average Bonchev–Trinajstić information content (AvgIpc) is 2.73. The molecule has 0 saturated heterocycles. The summed E-state index contributed by atoms with van der Waals surface area (Å²) in [6.45, 7) is -0.0285. The van der Waals surface area contributed by atoms with Crippen molar-refractivity contribution in [3.05, 3.63) is 18.0 Å². The highest BCUT2D eigenvalue weighted by atomic mass is 19.4. The van der Waals surface area contributed by atoms with Crippen LogP contribution in [0.2, 0.25) is 0 Å². The molecule has 1 N–H and O–H groups in total. The van der Waals surface area contributed by atoms with Crippen molar-refractivity contribution < 1.29 is 22.7 Å². The molecule has 5 nitrogen and oxygen atoms in total. The number of rotatable bonds is 4. The van der Waals surface area contributed by atoms with E-state index in [1.165, 1.54) is 14.2 Å². The number of halogens is 3. The fourth-order valence-corrected chi connectivity index (χ4v) is 1.23. The van der Waals surface area contributed by atoms with Gasteiger partial charge in [0.1, 0.15) is 6.04 Å². The van der Waals surface area contributed by atoms with Gasteiger partial charge in [0.25, 0.3) is 0 Å². The Morgan fingerprint density at radius 2 is 2.29 bits per heavy atom. The number of likely N-dealkylation sites (N-methyl/N-ethyl adjacent to an activating group) is 1. The smallest absolute Gasteiger partial charge is 0.435 e. The van der Waals surface area contributed by atoms with Gasteiger partial charge in [-0.25, -0.2) is 0 Å². The van der Waals surface area contributed by atoms with Gasteiger partial charge in [-0.2, -0.15) is 18.3 Å². The summed E-state index contributed by atoms with van der Waals surface area (Å²) in [7, 11) is 2.71. The lowest BCUT2D eigenvalue weighted by Crippen LogP contribution is -2.39. The molecule has 0 bridgehead atoms. The maximum Gasteiger partial charge on any atom is 0.435 e. The topological polar surface area (TPSA) is 56.2 Å². The summed E-state index contributed by atoms with van der Waals surface area (Å²) in [6, 6.07) is 0.116. The molecular formula is C9H12F3N3O2. The Morgan fingerprint density at radius 3 is 2.71 bits per heavy atom. The zero-order valence-electron chi connectivity index (χ0n) is 9.28. The fourth-order valence-electron chi connectivity index (χ4n) is 1.23. The number of hydrogen-bond donors (Lipinski definition) is 1. The van der Waals surface area contributed by atoms with Gasteiger partial charge in [0.2, 0.25) is 0 Å². The third kappa shape index (κ3) is 3.45. The van der Waals surface area contributed by atoms with Crippen molar-refractivity contribution >= 4 is 5.97 Å². The third-order valence-electron chi connectivity index (χ3n) is 2.13. The molecule has 1 atom stereocenters. The Bertz CT molecular complexity index is 389. The first-order valence-corrected chi connectivity index (χ1v) is 4.74. The Morgan fingerprint density at radius 1 is 1.65 bits per heavy atom. The first-order valence-electron chi connectivity index (χ1n) is 4.74. The highest BCUT2D eigenvalue weighted by Gasteiger charge is 2.33. The van der Waals surface area contributed by atoms with Crippen LogP contribution in [0.5, 0.6) is 0 Å². The van der Waals surface area contributed by atoms with Crippen molar-refractivity contribution in [3.8, 4) is 0 Å². The molecule has 0 aliphatic carbocycles. The van der Waals surface area contributed by atoms with Crippen LogP contribution < -0.4 is 5.32 Å². The van der Waals surface area contributed by atoms with Gasteiger partial charge in [-0.15, -0.1) is 0 Å². The lowest BCUT2D eigenvalue weighted by molar-refractivity contribution is -0.143. The van der Waals surface area contributed by atoms with Gasteiger partial charge in [0.05, 0.1) is 13.7 Å². The second-order valence-corrected chi connectivity index (χ2v) is 3.29. The van der Waals surface area contributed by atoms with Crippen LogP contribution in [0.4, 0.5) is 13.2 Å². The number of aromatic nitrogens is 2. The summed E-state index contributed by atoms with van der Waals surface area (Å²) in [5.41, 5.74) is -0.989. The molecule has 0 saturated carbocycles. The molecule has 96 valence electrons. The normalized spacial score (nSPS) is 13.5. The molecule has 1 aromatic rings. The van der Waals surface area contributed by atoms with Gasteiger partial charge in [0, 0.05) is 6.20 Å². The molecule has 0 amide bonds. The summed E-state index contributed by atoms with van der Waals surface area (Å²) >= 11 is 0. The van der Waals surface area contributed by atoms with Crippen LogP contribution in [-0.4, -0.2) is 35.9 Å². The first-order chi connectivity index (χ1) is 7.88. The van der Waals surface area contributed by atoms with E-state index in [9.17, 15) is 18.0 Å². The number of esters is 1. The predicted molar refractivity (Wildman–Crippen MR) is 52.1 cm³/mol. The zero-order valence-corrected chi connectivity index (χ0v) is 9.28. The number of carbonyl (C=O) groups is 1. The second kappa shape index (κ2) is 5.17. The average molecular weight is 251 g/mol. The minimum absolute atomic E-state index is 0.0285. The molecule has 1 unspecified atom stereocenters. The lowest BCUT2D eigenvalue weighted by Gasteiger charge is -2.13. The molecule has 1 aromatic heterocycles. The number of nitrogens with one attached hydrogen (secondary N) is 1. The summed E-state index contributed by atoms with van der Waals surface area (Å²) in [6.07, 6.45) is -3.32. The van der Waals surface area contributed by atoms with Crippen molar-refractivity contribution in [3.63, 3.8) is 0 Å². The van der Waals surface area contributed by atoms with Gasteiger partial charge >= 0.3 is 12.1 Å². The molecule has 17 heavy (non-hydrogen) atoms. The summed E-state index contributed by atoms with van der Waals surface area (Å²) in [5.74, 6) is -0.559. The van der Waals surface area contributed by atoms with Gasteiger partial charge in [-0.3, -0.25) is 9.48 Å². The van der Waals surface area contributed by atoms with Crippen molar-refractivity contribution in [2.45, 2.75) is 18.8 Å². The van der Waals surface area contributed by atoms with E-state index in [1.807, 2.05) is 0 Å². The summed E-state index contributed by atoms with van der Waals surface area (Å²) in [5, 5.41) is 5.96. The van der Waals surface area contributed by atoms with Crippen LogP contribution in [-0.2, 0) is 22.3 Å². The van der Waals surface area contributed by atoms with E-state index in [4.69, 9.17) is 0 Å².